The highest BCUT2D eigenvalue weighted by Crippen LogP contribution is 2.22. The molecule has 0 aliphatic rings. The Balaban J connectivity index is 2.15. The highest BCUT2D eigenvalue weighted by molar-refractivity contribution is 9.10. The minimum absolute atomic E-state index is 0.0392. The molecular formula is C14H13BrN2O2. The van der Waals surface area contributed by atoms with Gasteiger partial charge in [-0.25, -0.2) is 0 Å². The summed E-state index contributed by atoms with van der Waals surface area (Å²) in [5.41, 5.74) is 1.20. The molecule has 1 atom stereocenters. The maximum Gasteiger partial charge on any atom is 0.255 e. The highest BCUT2D eigenvalue weighted by atomic mass is 79.9. The third-order valence-corrected chi connectivity index (χ3v) is 3.25. The van der Waals surface area contributed by atoms with E-state index in [1.165, 1.54) is 6.07 Å². The quantitative estimate of drug-likeness (QED) is 0.913. The molecule has 0 bridgehead atoms. The number of benzene rings is 1. The smallest absolute Gasteiger partial charge is 0.255 e. The first kappa shape index (κ1) is 13.5. The van der Waals surface area contributed by atoms with Crippen molar-refractivity contribution in [2.24, 2.45) is 0 Å². The van der Waals surface area contributed by atoms with Gasteiger partial charge in [0.15, 0.2) is 0 Å². The Morgan fingerprint density at radius 1 is 1.32 bits per heavy atom. The maximum absolute atomic E-state index is 12.1. The first-order valence-electron chi connectivity index (χ1n) is 5.77. The summed E-state index contributed by atoms with van der Waals surface area (Å²) in [6, 6.07) is 8.27. The Hall–Kier alpha value is -1.88. The van der Waals surface area contributed by atoms with Crippen molar-refractivity contribution < 1.29 is 9.90 Å². The second-order valence-electron chi connectivity index (χ2n) is 4.14. The van der Waals surface area contributed by atoms with Crippen molar-refractivity contribution in [3.8, 4) is 5.75 Å². The SMILES string of the molecule is C[C@@H](NC(=O)c1cc(Br)ccc1O)c1ccncc1. The minimum Gasteiger partial charge on any atom is -0.507 e. The first-order valence-corrected chi connectivity index (χ1v) is 6.56. The molecule has 0 aliphatic carbocycles. The molecular weight excluding hydrogens is 308 g/mol. The van der Waals surface area contributed by atoms with Crippen LogP contribution in [0.4, 0.5) is 0 Å². The van der Waals surface area contributed by atoms with E-state index in [9.17, 15) is 9.90 Å². The van der Waals surface area contributed by atoms with Crippen molar-refractivity contribution in [3.05, 3.63) is 58.3 Å². The lowest BCUT2D eigenvalue weighted by atomic mass is 10.1. The van der Waals surface area contributed by atoms with Crippen LogP contribution in [0.1, 0.15) is 28.9 Å². The van der Waals surface area contributed by atoms with Gasteiger partial charge in [0.05, 0.1) is 11.6 Å². The van der Waals surface area contributed by atoms with Gasteiger partial charge in [0.1, 0.15) is 5.75 Å². The van der Waals surface area contributed by atoms with Crippen LogP contribution in [-0.2, 0) is 0 Å². The lowest BCUT2D eigenvalue weighted by Crippen LogP contribution is -2.26. The van der Waals surface area contributed by atoms with Crippen LogP contribution in [-0.4, -0.2) is 16.0 Å². The predicted molar refractivity (Wildman–Crippen MR) is 75.9 cm³/mol. The molecule has 19 heavy (non-hydrogen) atoms. The summed E-state index contributed by atoms with van der Waals surface area (Å²) in [4.78, 5) is 16.0. The van der Waals surface area contributed by atoms with E-state index in [2.05, 4.69) is 26.2 Å². The molecule has 0 radical (unpaired) electrons. The van der Waals surface area contributed by atoms with E-state index in [4.69, 9.17) is 0 Å². The van der Waals surface area contributed by atoms with Crippen molar-refractivity contribution in [1.29, 1.82) is 0 Å². The fourth-order valence-electron chi connectivity index (χ4n) is 1.70. The molecule has 1 aromatic heterocycles. The average Bonchev–Trinajstić information content (AvgIpc) is 2.42. The van der Waals surface area contributed by atoms with Gasteiger partial charge in [0.25, 0.3) is 5.91 Å². The molecule has 0 saturated heterocycles. The number of aromatic nitrogens is 1. The minimum atomic E-state index is -0.317. The number of phenolic OH excluding ortho intramolecular Hbond substituents is 1. The molecule has 1 amide bonds. The molecule has 98 valence electrons. The number of hydrogen-bond acceptors (Lipinski definition) is 3. The van der Waals surface area contributed by atoms with Crippen molar-refractivity contribution in [2.75, 3.05) is 0 Å². The van der Waals surface area contributed by atoms with Crippen LogP contribution >= 0.6 is 15.9 Å². The Labute approximate surface area is 119 Å². The Kier molecular flexibility index (Phi) is 4.16. The molecule has 5 heteroatoms. The molecule has 0 fully saturated rings. The topological polar surface area (TPSA) is 62.2 Å². The second kappa shape index (κ2) is 5.84. The molecule has 1 heterocycles. The molecule has 1 aromatic carbocycles. The average molecular weight is 321 g/mol. The standard InChI is InChI=1S/C14H13BrN2O2/c1-9(10-4-6-16-7-5-10)17-14(19)12-8-11(15)2-3-13(12)18/h2-9,18H,1H3,(H,17,19)/t9-/m1/s1. The predicted octanol–water partition coefficient (Wildman–Crippen LogP) is 3.04. The number of nitrogens with one attached hydrogen (secondary N) is 1. The van der Waals surface area contributed by atoms with Crippen LogP contribution in [0.15, 0.2) is 47.2 Å². The Morgan fingerprint density at radius 2 is 2.00 bits per heavy atom. The summed E-state index contributed by atoms with van der Waals surface area (Å²) in [6.07, 6.45) is 3.35. The van der Waals surface area contributed by atoms with Gasteiger partial charge < -0.3 is 10.4 Å². The van der Waals surface area contributed by atoms with Gasteiger partial charge in [-0.05, 0) is 42.8 Å². The van der Waals surface area contributed by atoms with Gasteiger partial charge in [0.2, 0.25) is 0 Å². The van der Waals surface area contributed by atoms with Crippen LogP contribution in [0.3, 0.4) is 0 Å². The second-order valence-corrected chi connectivity index (χ2v) is 5.05. The maximum atomic E-state index is 12.1. The van der Waals surface area contributed by atoms with E-state index in [1.54, 1.807) is 24.5 Å². The van der Waals surface area contributed by atoms with Crippen LogP contribution < -0.4 is 5.32 Å². The molecule has 0 aliphatic heterocycles. The fraction of sp³-hybridized carbons (Fsp3) is 0.143. The van der Waals surface area contributed by atoms with Crippen molar-refractivity contribution in [1.82, 2.24) is 10.3 Å². The lowest BCUT2D eigenvalue weighted by Gasteiger charge is -2.14. The van der Waals surface area contributed by atoms with E-state index in [0.717, 1.165) is 10.0 Å². The van der Waals surface area contributed by atoms with E-state index < -0.39 is 0 Å². The van der Waals surface area contributed by atoms with Gasteiger partial charge in [-0.3, -0.25) is 9.78 Å². The highest BCUT2D eigenvalue weighted by Gasteiger charge is 2.15. The number of amides is 1. The molecule has 2 rings (SSSR count). The molecule has 4 nitrogen and oxygen atoms in total. The van der Waals surface area contributed by atoms with Crippen LogP contribution in [0.5, 0.6) is 5.75 Å². The fourth-order valence-corrected chi connectivity index (χ4v) is 2.06. The summed E-state index contributed by atoms with van der Waals surface area (Å²) in [6.45, 7) is 1.88. The van der Waals surface area contributed by atoms with Crippen LogP contribution in [0.25, 0.3) is 0 Å². The number of nitrogens with zero attached hydrogens (tertiary/aromatic N) is 1. The summed E-state index contributed by atoms with van der Waals surface area (Å²) < 4.78 is 0.743. The van der Waals surface area contributed by atoms with E-state index in [1.807, 2.05) is 19.1 Å². The third-order valence-electron chi connectivity index (χ3n) is 2.76. The van der Waals surface area contributed by atoms with Crippen molar-refractivity contribution in [2.45, 2.75) is 13.0 Å². The van der Waals surface area contributed by atoms with Crippen molar-refractivity contribution >= 4 is 21.8 Å². The number of phenols is 1. The zero-order chi connectivity index (χ0) is 13.8. The number of rotatable bonds is 3. The zero-order valence-electron chi connectivity index (χ0n) is 10.3. The van der Waals surface area contributed by atoms with E-state index in [-0.39, 0.29) is 23.3 Å². The third kappa shape index (κ3) is 3.32. The van der Waals surface area contributed by atoms with Crippen molar-refractivity contribution in [3.63, 3.8) is 0 Å². The first-order chi connectivity index (χ1) is 9.08. The van der Waals surface area contributed by atoms with Gasteiger partial charge in [0, 0.05) is 16.9 Å². The summed E-state index contributed by atoms with van der Waals surface area (Å²) in [7, 11) is 0. The Bertz CT molecular complexity index is 587. The van der Waals surface area contributed by atoms with Crippen LogP contribution in [0.2, 0.25) is 0 Å². The molecule has 0 saturated carbocycles. The Morgan fingerprint density at radius 3 is 2.68 bits per heavy atom. The molecule has 0 spiro atoms. The summed E-state index contributed by atoms with van der Waals surface area (Å²) >= 11 is 3.28. The van der Waals surface area contributed by atoms with E-state index in [0.29, 0.717) is 0 Å². The monoisotopic (exact) mass is 320 g/mol. The molecule has 2 N–H and O–H groups in total. The number of carbonyl (C=O) groups excluding carboxylic acids is 1. The van der Waals surface area contributed by atoms with Crippen LogP contribution in [0, 0.1) is 0 Å². The van der Waals surface area contributed by atoms with Gasteiger partial charge in [-0.1, -0.05) is 15.9 Å². The number of hydrogen-bond donors (Lipinski definition) is 2. The number of aromatic hydroxyl groups is 1. The molecule has 0 unspecified atom stereocenters. The molecule has 2 aromatic rings. The summed E-state index contributed by atoms with van der Waals surface area (Å²) in [5, 5.41) is 12.5. The normalized spacial score (nSPS) is 11.9. The van der Waals surface area contributed by atoms with Gasteiger partial charge >= 0.3 is 0 Å². The zero-order valence-corrected chi connectivity index (χ0v) is 11.9. The van der Waals surface area contributed by atoms with E-state index >= 15 is 0 Å². The van der Waals surface area contributed by atoms with Gasteiger partial charge in [-0.2, -0.15) is 0 Å². The lowest BCUT2D eigenvalue weighted by molar-refractivity contribution is 0.0937. The number of carbonyl (C=O) groups is 1. The largest absolute Gasteiger partial charge is 0.507 e. The summed E-state index contributed by atoms with van der Waals surface area (Å²) in [5.74, 6) is -0.356. The number of halogens is 1. The number of pyridine rings is 1. The van der Waals surface area contributed by atoms with Gasteiger partial charge in [-0.15, -0.1) is 0 Å².